The SMILES string of the molecule is Cc1ccc(Cl)cc1N1CCN(C(=O)C[C@@H](C)c2ccc(C(F)(F)F)cc2)CC1. The van der Waals surface area contributed by atoms with E-state index in [1.54, 1.807) is 0 Å². The molecule has 0 N–H and O–H groups in total. The lowest BCUT2D eigenvalue weighted by molar-refractivity contribution is -0.137. The van der Waals surface area contributed by atoms with Crippen molar-refractivity contribution in [2.45, 2.75) is 32.4 Å². The van der Waals surface area contributed by atoms with E-state index in [0.29, 0.717) is 18.1 Å². The molecule has 1 saturated heterocycles. The Morgan fingerprint density at radius 1 is 1.07 bits per heavy atom. The van der Waals surface area contributed by atoms with Gasteiger partial charge in [-0.05, 0) is 48.2 Å². The molecule has 1 atom stereocenters. The van der Waals surface area contributed by atoms with Crippen LogP contribution in [0.1, 0.15) is 36.0 Å². The molecule has 7 heteroatoms. The van der Waals surface area contributed by atoms with Crippen LogP contribution < -0.4 is 4.90 Å². The Hall–Kier alpha value is -2.21. The van der Waals surface area contributed by atoms with Gasteiger partial charge in [0.2, 0.25) is 5.91 Å². The van der Waals surface area contributed by atoms with Crippen LogP contribution >= 0.6 is 11.6 Å². The van der Waals surface area contributed by atoms with E-state index in [0.717, 1.165) is 42.0 Å². The minimum atomic E-state index is -4.35. The van der Waals surface area contributed by atoms with Crippen LogP contribution in [0.3, 0.4) is 0 Å². The zero-order chi connectivity index (χ0) is 21.2. The number of piperazine rings is 1. The molecule has 0 saturated carbocycles. The summed E-state index contributed by atoms with van der Waals surface area (Å²) in [4.78, 5) is 16.7. The molecule has 0 unspecified atom stereocenters. The molecule has 1 amide bonds. The first-order valence-corrected chi connectivity index (χ1v) is 9.99. The van der Waals surface area contributed by atoms with E-state index in [1.807, 2.05) is 36.9 Å². The van der Waals surface area contributed by atoms with Crippen molar-refractivity contribution in [3.8, 4) is 0 Å². The van der Waals surface area contributed by atoms with Crippen LogP contribution in [0.15, 0.2) is 42.5 Å². The van der Waals surface area contributed by atoms with Gasteiger partial charge in [0.25, 0.3) is 0 Å². The van der Waals surface area contributed by atoms with Gasteiger partial charge in [0.15, 0.2) is 0 Å². The summed E-state index contributed by atoms with van der Waals surface area (Å²) in [5.74, 6) is -0.113. The Kier molecular flexibility index (Phi) is 6.42. The second-order valence-electron chi connectivity index (χ2n) is 7.52. The molecule has 3 rings (SSSR count). The Morgan fingerprint density at radius 3 is 2.28 bits per heavy atom. The minimum Gasteiger partial charge on any atom is -0.368 e. The number of amides is 1. The van der Waals surface area contributed by atoms with Crippen molar-refractivity contribution in [3.05, 3.63) is 64.2 Å². The third-order valence-electron chi connectivity index (χ3n) is 5.43. The van der Waals surface area contributed by atoms with Crippen LogP contribution in [0, 0.1) is 6.92 Å². The molecule has 3 nitrogen and oxygen atoms in total. The van der Waals surface area contributed by atoms with E-state index in [4.69, 9.17) is 11.6 Å². The normalized spacial score (nSPS) is 16.1. The van der Waals surface area contributed by atoms with Crippen molar-refractivity contribution >= 4 is 23.2 Å². The lowest BCUT2D eigenvalue weighted by Gasteiger charge is -2.37. The number of nitrogens with zero attached hydrogens (tertiary/aromatic N) is 2. The van der Waals surface area contributed by atoms with Gasteiger partial charge in [0.1, 0.15) is 0 Å². The summed E-state index contributed by atoms with van der Waals surface area (Å²) in [6, 6.07) is 10.9. The van der Waals surface area contributed by atoms with E-state index < -0.39 is 11.7 Å². The maximum atomic E-state index is 12.7. The van der Waals surface area contributed by atoms with Gasteiger partial charge < -0.3 is 9.80 Å². The lowest BCUT2D eigenvalue weighted by Crippen LogP contribution is -2.49. The van der Waals surface area contributed by atoms with Gasteiger partial charge in [-0.25, -0.2) is 0 Å². The fourth-order valence-electron chi connectivity index (χ4n) is 3.63. The summed E-state index contributed by atoms with van der Waals surface area (Å²) in [6.45, 7) is 6.58. The minimum absolute atomic E-state index is 0.0277. The molecule has 0 aliphatic carbocycles. The molecule has 29 heavy (non-hydrogen) atoms. The highest BCUT2D eigenvalue weighted by molar-refractivity contribution is 6.30. The van der Waals surface area contributed by atoms with Crippen molar-refractivity contribution in [1.82, 2.24) is 4.90 Å². The zero-order valence-electron chi connectivity index (χ0n) is 16.5. The van der Waals surface area contributed by atoms with Crippen molar-refractivity contribution < 1.29 is 18.0 Å². The smallest absolute Gasteiger partial charge is 0.368 e. The second kappa shape index (κ2) is 8.66. The molecule has 2 aromatic rings. The average molecular weight is 425 g/mol. The first-order valence-electron chi connectivity index (χ1n) is 9.61. The number of carbonyl (C=O) groups is 1. The van der Waals surface area contributed by atoms with E-state index in [2.05, 4.69) is 4.90 Å². The van der Waals surface area contributed by atoms with Crippen molar-refractivity contribution in [2.75, 3.05) is 31.1 Å². The summed E-state index contributed by atoms with van der Waals surface area (Å²) < 4.78 is 38.1. The fourth-order valence-corrected chi connectivity index (χ4v) is 3.80. The van der Waals surface area contributed by atoms with Gasteiger partial charge in [-0.15, -0.1) is 0 Å². The molecule has 0 radical (unpaired) electrons. The average Bonchev–Trinajstić information content (AvgIpc) is 2.69. The second-order valence-corrected chi connectivity index (χ2v) is 7.96. The third-order valence-corrected chi connectivity index (χ3v) is 5.67. The molecular formula is C22H24ClF3N2O. The number of hydrogen-bond acceptors (Lipinski definition) is 2. The molecule has 0 aromatic heterocycles. The largest absolute Gasteiger partial charge is 0.416 e. The van der Waals surface area contributed by atoms with Crippen molar-refractivity contribution in [3.63, 3.8) is 0 Å². The summed E-state index contributed by atoms with van der Waals surface area (Å²) in [6.07, 6.45) is -4.07. The molecular weight excluding hydrogens is 401 g/mol. The monoisotopic (exact) mass is 424 g/mol. The van der Waals surface area contributed by atoms with E-state index in [-0.39, 0.29) is 18.2 Å². The molecule has 1 heterocycles. The number of halogens is 4. The molecule has 1 aliphatic rings. The highest BCUT2D eigenvalue weighted by Crippen LogP contribution is 2.31. The number of rotatable bonds is 4. The highest BCUT2D eigenvalue weighted by Gasteiger charge is 2.30. The van der Waals surface area contributed by atoms with Crippen LogP contribution in [-0.2, 0) is 11.0 Å². The standard InChI is InChI=1S/C22H24ClF3N2O/c1-15-3-8-19(23)14-20(15)27-9-11-28(12-10-27)21(29)13-16(2)17-4-6-18(7-5-17)22(24,25)26/h3-8,14,16H,9-13H2,1-2H3/t16-/m1/s1. The number of carbonyl (C=O) groups excluding carboxylic acids is 1. The fraction of sp³-hybridized carbons (Fsp3) is 0.409. The Balaban J connectivity index is 1.56. The number of alkyl halides is 3. The molecule has 156 valence electrons. The molecule has 1 aliphatic heterocycles. The van der Waals surface area contributed by atoms with Crippen molar-refractivity contribution in [2.24, 2.45) is 0 Å². The number of benzene rings is 2. The van der Waals surface area contributed by atoms with Gasteiger partial charge >= 0.3 is 6.18 Å². The molecule has 1 fully saturated rings. The number of aryl methyl sites for hydroxylation is 1. The highest BCUT2D eigenvalue weighted by atomic mass is 35.5. The van der Waals surface area contributed by atoms with Crippen LogP contribution in [0.25, 0.3) is 0 Å². The number of hydrogen-bond donors (Lipinski definition) is 0. The predicted octanol–water partition coefficient (Wildman–Crippen LogP) is 5.51. The summed E-state index contributed by atoms with van der Waals surface area (Å²) in [5, 5.41) is 0.689. The molecule has 0 bridgehead atoms. The summed E-state index contributed by atoms with van der Waals surface area (Å²) in [5.41, 5.74) is 2.29. The Morgan fingerprint density at radius 2 is 1.69 bits per heavy atom. The maximum Gasteiger partial charge on any atom is 0.416 e. The van der Waals surface area contributed by atoms with Crippen LogP contribution in [0.4, 0.5) is 18.9 Å². The summed E-state index contributed by atoms with van der Waals surface area (Å²) in [7, 11) is 0. The third kappa shape index (κ3) is 5.24. The van der Waals surface area contributed by atoms with Gasteiger partial charge in [-0.1, -0.05) is 36.7 Å². The van der Waals surface area contributed by atoms with E-state index in [9.17, 15) is 18.0 Å². The zero-order valence-corrected chi connectivity index (χ0v) is 17.2. The van der Waals surface area contributed by atoms with Crippen LogP contribution in [-0.4, -0.2) is 37.0 Å². The van der Waals surface area contributed by atoms with Gasteiger partial charge in [-0.3, -0.25) is 4.79 Å². The first kappa shape index (κ1) is 21.5. The van der Waals surface area contributed by atoms with Crippen LogP contribution in [0.2, 0.25) is 5.02 Å². The predicted molar refractivity (Wildman–Crippen MR) is 109 cm³/mol. The van der Waals surface area contributed by atoms with E-state index in [1.165, 1.54) is 12.1 Å². The number of anilines is 1. The van der Waals surface area contributed by atoms with Gasteiger partial charge in [0, 0.05) is 43.3 Å². The topological polar surface area (TPSA) is 23.6 Å². The maximum absolute atomic E-state index is 12.7. The van der Waals surface area contributed by atoms with E-state index >= 15 is 0 Å². The quantitative estimate of drug-likeness (QED) is 0.646. The Bertz CT molecular complexity index is 859. The summed E-state index contributed by atoms with van der Waals surface area (Å²) >= 11 is 6.11. The molecule has 0 spiro atoms. The first-order chi connectivity index (χ1) is 13.6. The lowest BCUT2D eigenvalue weighted by atomic mass is 9.96. The molecule has 2 aromatic carbocycles. The van der Waals surface area contributed by atoms with Crippen molar-refractivity contribution in [1.29, 1.82) is 0 Å². The van der Waals surface area contributed by atoms with Gasteiger partial charge in [0.05, 0.1) is 5.56 Å². The Labute approximate surface area is 174 Å². The van der Waals surface area contributed by atoms with Gasteiger partial charge in [-0.2, -0.15) is 13.2 Å². The van der Waals surface area contributed by atoms with Crippen LogP contribution in [0.5, 0.6) is 0 Å².